The Hall–Kier alpha value is -5.11. The number of esters is 1. The molecule has 0 fully saturated rings. The van der Waals surface area contributed by atoms with Crippen LogP contribution < -0.4 is 24.4 Å². The second kappa shape index (κ2) is 12.9. The van der Waals surface area contributed by atoms with E-state index >= 15 is 0 Å². The molecule has 39 heavy (non-hydrogen) atoms. The van der Waals surface area contributed by atoms with Gasteiger partial charge in [0.05, 0.1) is 26.0 Å². The molecule has 0 aliphatic rings. The molecule has 1 amide bonds. The first kappa shape index (κ1) is 26.9. The number of nitrogens with zero attached hydrogens (tertiary/aromatic N) is 1. The van der Waals surface area contributed by atoms with E-state index in [0.29, 0.717) is 34.1 Å². The van der Waals surface area contributed by atoms with E-state index in [2.05, 4.69) is 10.5 Å². The molecule has 4 aromatic rings. The minimum atomic E-state index is -0.747. The van der Waals surface area contributed by atoms with Crippen molar-refractivity contribution in [2.45, 2.75) is 13.0 Å². The molecule has 4 rings (SSSR count). The summed E-state index contributed by atoms with van der Waals surface area (Å²) in [5, 5.41) is 3.99. The second-order valence-electron chi connectivity index (χ2n) is 8.41. The lowest BCUT2D eigenvalue weighted by atomic mass is 10.1. The summed E-state index contributed by atoms with van der Waals surface area (Å²) in [6, 6.07) is 29.0. The molecule has 0 saturated carbocycles. The summed E-state index contributed by atoms with van der Waals surface area (Å²) in [5.41, 5.74) is 5.67. The number of rotatable bonds is 10. The van der Waals surface area contributed by atoms with E-state index in [1.54, 1.807) is 49.4 Å². The number of carbonyl (C=O) groups excluding carboxylic acids is 2. The average Bonchev–Trinajstić information content (AvgIpc) is 2.98. The molecule has 0 aliphatic heterocycles. The minimum absolute atomic E-state index is 0.324. The quantitative estimate of drug-likeness (QED) is 0.127. The maximum atomic E-state index is 12.5. The van der Waals surface area contributed by atoms with Gasteiger partial charge >= 0.3 is 5.97 Å². The van der Waals surface area contributed by atoms with Crippen molar-refractivity contribution in [2.24, 2.45) is 5.10 Å². The summed E-state index contributed by atoms with van der Waals surface area (Å²) < 4.78 is 21.6. The van der Waals surface area contributed by atoms with Crippen LogP contribution in [-0.4, -0.2) is 38.4 Å². The van der Waals surface area contributed by atoms with Gasteiger partial charge in [-0.2, -0.15) is 5.10 Å². The molecule has 8 heteroatoms. The average molecular weight is 525 g/mol. The zero-order chi connectivity index (χ0) is 27.6. The predicted molar refractivity (Wildman–Crippen MR) is 149 cm³/mol. The van der Waals surface area contributed by atoms with E-state index in [4.69, 9.17) is 18.9 Å². The van der Waals surface area contributed by atoms with Crippen molar-refractivity contribution in [3.05, 3.63) is 108 Å². The molecule has 4 aromatic carbocycles. The highest BCUT2D eigenvalue weighted by atomic mass is 16.5. The zero-order valence-corrected chi connectivity index (χ0v) is 21.8. The van der Waals surface area contributed by atoms with Gasteiger partial charge in [0.25, 0.3) is 5.91 Å². The largest absolute Gasteiger partial charge is 0.493 e. The van der Waals surface area contributed by atoms with Crippen molar-refractivity contribution in [1.29, 1.82) is 0 Å². The Balaban J connectivity index is 1.27. The molecule has 0 radical (unpaired) electrons. The lowest BCUT2D eigenvalue weighted by molar-refractivity contribution is -0.127. The van der Waals surface area contributed by atoms with Crippen LogP contribution in [0.4, 0.5) is 0 Å². The Labute approximate surface area is 226 Å². The fourth-order valence-corrected chi connectivity index (χ4v) is 3.63. The highest BCUT2D eigenvalue weighted by Gasteiger charge is 2.15. The topological polar surface area (TPSA) is 95.5 Å². The van der Waals surface area contributed by atoms with Crippen molar-refractivity contribution >= 4 is 18.1 Å². The van der Waals surface area contributed by atoms with Crippen LogP contribution >= 0.6 is 0 Å². The zero-order valence-electron chi connectivity index (χ0n) is 21.8. The van der Waals surface area contributed by atoms with Crippen LogP contribution in [0.25, 0.3) is 11.1 Å². The third-order valence-corrected chi connectivity index (χ3v) is 5.74. The smallest absolute Gasteiger partial charge is 0.343 e. The van der Waals surface area contributed by atoms with Crippen LogP contribution in [0.3, 0.4) is 0 Å². The van der Waals surface area contributed by atoms with Gasteiger partial charge in [-0.25, -0.2) is 10.2 Å². The summed E-state index contributed by atoms with van der Waals surface area (Å²) in [6.45, 7) is 1.65. The maximum absolute atomic E-state index is 12.5. The van der Waals surface area contributed by atoms with Gasteiger partial charge in [-0.3, -0.25) is 4.79 Å². The van der Waals surface area contributed by atoms with Gasteiger partial charge in [-0.15, -0.1) is 0 Å². The number of nitrogens with one attached hydrogen (secondary N) is 1. The van der Waals surface area contributed by atoms with Gasteiger partial charge in [0, 0.05) is 0 Å². The first-order valence-corrected chi connectivity index (χ1v) is 12.2. The molecular weight excluding hydrogens is 496 g/mol. The van der Waals surface area contributed by atoms with Gasteiger partial charge in [-0.1, -0.05) is 42.5 Å². The first-order valence-electron chi connectivity index (χ1n) is 12.2. The van der Waals surface area contributed by atoms with E-state index in [9.17, 15) is 9.59 Å². The molecule has 0 bridgehead atoms. The second-order valence-corrected chi connectivity index (χ2v) is 8.41. The lowest BCUT2D eigenvalue weighted by Crippen LogP contribution is -2.33. The number of amides is 1. The van der Waals surface area contributed by atoms with E-state index in [-0.39, 0.29) is 5.91 Å². The van der Waals surface area contributed by atoms with Crippen molar-refractivity contribution in [1.82, 2.24) is 5.43 Å². The third kappa shape index (κ3) is 7.23. The molecule has 1 N–H and O–H groups in total. The van der Waals surface area contributed by atoms with Gasteiger partial charge in [0.15, 0.2) is 17.6 Å². The van der Waals surface area contributed by atoms with Crippen molar-refractivity contribution < 1.29 is 28.5 Å². The Kier molecular flexibility index (Phi) is 8.92. The summed E-state index contributed by atoms with van der Waals surface area (Å²) in [7, 11) is 3.01. The molecular formula is C31H28N2O6. The third-order valence-electron chi connectivity index (χ3n) is 5.74. The molecule has 0 spiro atoms. The van der Waals surface area contributed by atoms with Crippen LogP contribution in [-0.2, 0) is 4.79 Å². The summed E-state index contributed by atoms with van der Waals surface area (Å²) >= 11 is 0. The van der Waals surface area contributed by atoms with Crippen molar-refractivity contribution in [3.63, 3.8) is 0 Å². The number of hydrogen-bond acceptors (Lipinski definition) is 7. The lowest BCUT2D eigenvalue weighted by Gasteiger charge is -2.13. The van der Waals surface area contributed by atoms with Gasteiger partial charge < -0.3 is 18.9 Å². The Morgan fingerprint density at radius 2 is 1.41 bits per heavy atom. The van der Waals surface area contributed by atoms with Crippen molar-refractivity contribution in [2.75, 3.05) is 14.2 Å². The fraction of sp³-hybridized carbons (Fsp3) is 0.129. The number of methoxy groups -OCH3 is 2. The highest BCUT2D eigenvalue weighted by molar-refractivity contribution is 5.92. The summed E-state index contributed by atoms with van der Waals surface area (Å²) in [4.78, 5) is 24.9. The molecule has 0 unspecified atom stereocenters. The molecule has 0 saturated heterocycles. The number of benzene rings is 4. The molecule has 1 atom stereocenters. The van der Waals surface area contributed by atoms with E-state index in [1.165, 1.54) is 20.4 Å². The summed E-state index contributed by atoms with van der Waals surface area (Å²) in [6.07, 6.45) is 0.738. The number of hydrogen-bond donors (Lipinski definition) is 1. The normalized spacial score (nSPS) is 11.5. The van der Waals surface area contributed by atoms with E-state index < -0.39 is 12.1 Å². The van der Waals surface area contributed by atoms with Crippen molar-refractivity contribution in [3.8, 4) is 34.1 Å². The van der Waals surface area contributed by atoms with Crippen LogP contribution in [0, 0.1) is 0 Å². The highest BCUT2D eigenvalue weighted by Crippen LogP contribution is 2.28. The van der Waals surface area contributed by atoms with Crippen LogP contribution in [0.15, 0.2) is 102 Å². The fourth-order valence-electron chi connectivity index (χ4n) is 3.63. The Morgan fingerprint density at radius 1 is 0.769 bits per heavy atom. The molecule has 0 aliphatic carbocycles. The minimum Gasteiger partial charge on any atom is -0.493 e. The van der Waals surface area contributed by atoms with Crippen LogP contribution in [0.2, 0.25) is 0 Å². The molecule has 198 valence electrons. The SMILES string of the molecule is COc1ccc(C(=O)Oc2ccc(/C=N\NC(=O)[C@@H](C)Oc3ccc(-c4ccccc4)cc3)cc2)cc1OC. The first-order chi connectivity index (χ1) is 19.0. The van der Waals surface area contributed by atoms with Gasteiger partial charge in [0.1, 0.15) is 11.5 Å². The van der Waals surface area contributed by atoms with Crippen LogP contribution in [0.1, 0.15) is 22.8 Å². The number of hydrazone groups is 1. The predicted octanol–water partition coefficient (Wildman–Crippen LogP) is 5.51. The number of carbonyl (C=O) groups is 2. The maximum Gasteiger partial charge on any atom is 0.343 e. The molecule has 0 aromatic heterocycles. The van der Waals surface area contributed by atoms with Gasteiger partial charge in [0.2, 0.25) is 0 Å². The monoisotopic (exact) mass is 524 g/mol. The number of ether oxygens (including phenoxy) is 4. The molecule has 8 nitrogen and oxygen atoms in total. The van der Waals surface area contributed by atoms with E-state index in [0.717, 1.165) is 11.1 Å². The standard InChI is InChI=1S/C31H28N2O6/c1-21(38-26-16-11-24(12-17-26)23-7-5-4-6-8-23)30(34)33-32-20-22-9-14-27(15-10-22)39-31(35)25-13-18-28(36-2)29(19-25)37-3/h4-21H,1-3H3,(H,33,34)/b32-20-/t21-/m1/s1. The Morgan fingerprint density at radius 3 is 2.08 bits per heavy atom. The summed E-state index contributed by atoms with van der Waals surface area (Å²) in [5.74, 6) is 0.965. The van der Waals surface area contributed by atoms with Gasteiger partial charge in [-0.05, 0) is 78.2 Å². The van der Waals surface area contributed by atoms with Crippen LogP contribution in [0.5, 0.6) is 23.0 Å². The van der Waals surface area contributed by atoms with E-state index in [1.807, 2.05) is 54.6 Å². The Bertz CT molecular complexity index is 1430. The molecule has 0 heterocycles.